The molecule has 19 heavy (non-hydrogen) atoms. The fourth-order valence-corrected chi connectivity index (χ4v) is 2.25. The van der Waals surface area contributed by atoms with Crippen LogP contribution in [0.2, 0.25) is 0 Å². The van der Waals surface area contributed by atoms with Gasteiger partial charge in [-0.1, -0.05) is 27.8 Å². The van der Waals surface area contributed by atoms with Crippen molar-refractivity contribution in [1.29, 1.82) is 0 Å². The molecule has 0 radical (unpaired) electrons. The summed E-state index contributed by atoms with van der Waals surface area (Å²) in [6, 6.07) is 5.32. The maximum Gasteiger partial charge on any atom is 0.125 e. The Balaban J connectivity index is 2.09. The lowest BCUT2D eigenvalue weighted by atomic mass is 10.1. The van der Waals surface area contributed by atoms with Crippen LogP contribution in [0, 0.1) is 17.8 Å². The molecule has 1 aromatic carbocycles. The van der Waals surface area contributed by atoms with Crippen molar-refractivity contribution < 1.29 is 5.11 Å². The van der Waals surface area contributed by atoms with Crippen molar-refractivity contribution in [2.24, 2.45) is 13.0 Å². The largest absolute Gasteiger partial charge is 0.507 e. The summed E-state index contributed by atoms with van der Waals surface area (Å²) in [7, 11) is 1.86. The Labute approximate surface area is 120 Å². The minimum absolute atomic E-state index is 0.219. The molecule has 1 fully saturated rings. The van der Waals surface area contributed by atoms with Gasteiger partial charge in [-0.05, 0) is 31.0 Å². The van der Waals surface area contributed by atoms with E-state index >= 15 is 0 Å². The Bertz CT molecular complexity index is 690. The molecule has 1 aliphatic rings. The van der Waals surface area contributed by atoms with E-state index in [1.165, 1.54) is 12.8 Å². The van der Waals surface area contributed by atoms with E-state index in [2.05, 4.69) is 32.9 Å². The smallest absolute Gasteiger partial charge is 0.125 e. The van der Waals surface area contributed by atoms with Gasteiger partial charge in [0.15, 0.2) is 0 Å². The van der Waals surface area contributed by atoms with Gasteiger partial charge in [0.05, 0.1) is 5.56 Å². The number of nitrogens with zero attached hydrogens (tertiary/aromatic N) is 2. The Morgan fingerprint density at radius 1 is 1.42 bits per heavy atom. The van der Waals surface area contributed by atoms with Crippen molar-refractivity contribution >= 4 is 15.9 Å². The van der Waals surface area contributed by atoms with Crippen LogP contribution in [0.3, 0.4) is 0 Å². The molecule has 0 amide bonds. The lowest BCUT2D eigenvalue weighted by molar-refractivity contribution is 0.477. The Morgan fingerprint density at radius 3 is 2.95 bits per heavy atom. The number of aromatic hydroxyl groups is 1. The molecular weight excluding hydrogens is 304 g/mol. The number of hydrogen-bond acceptors (Lipinski definition) is 2. The van der Waals surface area contributed by atoms with E-state index in [-0.39, 0.29) is 5.75 Å². The lowest BCUT2D eigenvalue weighted by Gasteiger charge is -2.02. The molecular formula is C15H13BrN2O. The van der Waals surface area contributed by atoms with Gasteiger partial charge < -0.3 is 5.11 Å². The van der Waals surface area contributed by atoms with Crippen LogP contribution in [0.15, 0.2) is 28.9 Å². The zero-order valence-electron chi connectivity index (χ0n) is 10.5. The maximum atomic E-state index is 9.99. The van der Waals surface area contributed by atoms with Crippen molar-refractivity contribution in [2.45, 2.75) is 12.8 Å². The first-order valence-corrected chi connectivity index (χ1v) is 6.97. The highest BCUT2D eigenvalue weighted by molar-refractivity contribution is 9.10. The molecule has 0 saturated heterocycles. The average Bonchev–Trinajstić information content (AvgIpc) is 3.13. The van der Waals surface area contributed by atoms with Gasteiger partial charge in [-0.2, -0.15) is 5.10 Å². The average molecular weight is 317 g/mol. The second-order valence-corrected chi connectivity index (χ2v) is 5.69. The van der Waals surface area contributed by atoms with Crippen LogP contribution < -0.4 is 0 Å². The van der Waals surface area contributed by atoms with Crippen LogP contribution in [0.4, 0.5) is 0 Å². The second kappa shape index (κ2) is 4.75. The fraction of sp³-hybridized carbons (Fsp3) is 0.267. The highest BCUT2D eigenvalue weighted by Gasteiger charge is 2.18. The van der Waals surface area contributed by atoms with Gasteiger partial charge in [0.1, 0.15) is 11.4 Å². The first-order valence-electron chi connectivity index (χ1n) is 6.17. The molecule has 2 aromatic rings. The van der Waals surface area contributed by atoms with E-state index in [1.54, 1.807) is 16.8 Å². The van der Waals surface area contributed by atoms with Gasteiger partial charge in [-0.15, -0.1) is 0 Å². The number of benzene rings is 1. The Morgan fingerprint density at radius 2 is 2.21 bits per heavy atom. The van der Waals surface area contributed by atoms with E-state index in [1.807, 2.05) is 19.3 Å². The molecule has 1 N–H and O–H groups in total. The lowest BCUT2D eigenvalue weighted by Crippen LogP contribution is -1.88. The molecule has 0 aliphatic heterocycles. The van der Waals surface area contributed by atoms with Gasteiger partial charge in [-0.25, -0.2) is 0 Å². The molecule has 0 bridgehead atoms. The topological polar surface area (TPSA) is 38.0 Å². The molecule has 1 heterocycles. The third kappa shape index (κ3) is 2.66. The molecule has 1 aliphatic carbocycles. The van der Waals surface area contributed by atoms with Crippen molar-refractivity contribution in [3.05, 3.63) is 34.4 Å². The first kappa shape index (κ1) is 12.3. The highest BCUT2D eigenvalue weighted by Crippen LogP contribution is 2.33. The number of halogens is 1. The third-order valence-corrected chi connectivity index (χ3v) is 3.52. The van der Waals surface area contributed by atoms with E-state index in [0.717, 1.165) is 15.7 Å². The van der Waals surface area contributed by atoms with Gasteiger partial charge in [0, 0.05) is 29.2 Å². The Hall–Kier alpha value is -1.73. The highest BCUT2D eigenvalue weighted by atomic mass is 79.9. The van der Waals surface area contributed by atoms with Crippen molar-refractivity contribution in [1.82, 2.24) is 9.78 Å². The second-order valence-electron chi connectivity index (χ2n) is 4.77. The summed E-state index contributed by atoms with van der Waals surface area (Å²) in [5.74, 6) is 7.18. The molecule has 0 spiro atoms. The molecule has 96 valence electrons. The van der Waals surface area contributed by atoms with Gasteiger partial charge in [0.2, 0.25) is 0 Å². The molecule has 0 unspecified atom stereocenters. The summed E-state index contributed by atoms with van der Waals surface area (Å²) >= 11 is 3.42. The molecule has 1 aromatic heterocycles. The van der Waals surface area contributed by atoms with E-state index in [4.69, 9.17) is 0 Å². The fourth-order valence-electron chi connectivity index (χ4n) is 1.88. The Kier molecular flexibility index (Phi) is 3.08. The first-order chi connectivity index (χ1) is 9.13. The van der Waals surface area contributed by atoms with E-state index < -0.39 is 0 Å². The van der Waals surface area contributed by atoms with Crippen molar-refractivity contribution in [3.63, 3.8) is 0 Å². The van der Waals surface area contributed by atoms with Gasteiger partial charge in [0.25, 0.3) is 0 Å². The summed E-state index contributed by atoms with van der Waals surface area (Å²) in [5, 5.41) is 14.4. The van der Waals surface area contributed by atoms with Crippen LogP contribution in [-0.4, -0.2) is 14.9 Å². The summed E-state index contributed by atoms with van der Waals surface area (Å²) in [6.07, 6.45) is 4.29. The van der Waals surface area contributed by atoms with Crippen molar-refractivity contribution in [3.8, 4) is 28.8 Å². The van der Waals surface area contributed by atoms with Crippen LogP contribution in [0.5, 0.6) is 5.75 Å². The predicted molar refractivity (Wildman–Crippen MR) is 77.6 cm³/mol. The number of rotatable bonds is 1. The van der Waals surface area contributed by atoms with Gasteiger partial charge >= 0.3 is 0 Å². The summed E-state index contributed by atoms with van der Waals surface area (Å²) in [4.78, 5) is 0. The minimum atomic E-state index is 0.219. The number of hydrogen-bond donors (Lipinski definition) is 1. The molecule has 1 saturated carbocycles. The molecule has 3 rings (SSSR count). The number of aromatic nitrogens is 2. The predicted octanol–water partition coefficient (Wildman–Crippen LogP) is 3.32. The monoisotopic (exact) mass is 316 g/mol. The van der Waals surface area contributed by atoms with Gasteiger partial charge in [-0.3, -0.25) is 4.68 Å². The zero-order valence-corrected chi connectivity index (χ0v) is 12.1. The quantitative estimate of drug-likeness (QED) is 0.820. The zero-order chi connectivity index (χ0) is 13.4. The van der Waals surface area contributed by atoms with Crippen LogP contribution in [0.25, 0.3) is 11.3 Å². The summed E-state index contributed by atoms with van der Waals surface area (Å²) in [6.45, 7) is 0. The standard InChI is InChI=1S/C15H13BrN2O/c1-18-9-11(5-4-10-2-3-10)15(17-18)13-8-12(16)6-7-14(13)19/h6-10,19H,2-3H2,1H3. The third-order valence-electron chi connectivity index (χ3n) is 3.03. The van der Waals surface area contributed by atoms with E-state index in [0.29, 0.717) is 11.5 Å². The SMILES string of the molecule is Cn1cc(C#CC2CC2)c(-c2cc(Br)ccc2O)n1. The van der Waals surface area contributed by atoms with Crippen LogP contribution >= 0.6 is 15.9 Å². The summed E-state index contributed by atoms with van der Waals surface area (Å²) < 4.78 is 2.64. The summed E-state index contributed by atoms with van der Waals surface area (Å²) in [5.41, 5.74) is 2.30. The normalized spacial score (nSPS) is 14.0. The van der Waals surface area contributed by atoms with Crippen LogP contribution in [0.1, 0.15) is 18.4 Å². The number of phenolic OH excluding ortho intramolecular Hbond substituents is 1. The molecule has 4 heteroatoms. The van der Waals surface area contributed by atoms with Crippen molar-refractivity contribution in [2.75, 3.05) is 0 Å². The maximum absolute atomic E-state index is 9.99. The number of phenols is 1. The molecule has 0 atom stereocenters. The van der Waals surface area contributed by atoms with E-state index in [9.17, 15) is 5.11 Å². The molecule has 3 nitrogen and oxygen atoms in total. The number of aryl methyl sites for hydroxylation is 1. The minimum Gasteiger partial charge on any atom is -0.507 e. The van der Waals surface area contributed by atoms with Crippen LogP contribution in [-0.2, 0) is 7.05 Å².